The van der Waals surface area contributed by atoms with Crippen LogP contribution in [-0.4, -0.2) is 30.1 Å². The Bertz CT molecular complexity index is 462. The van der Waals surface area contributed by atoms with Gasteiger partial charge in [-0.2, -0.15) is 0 Å². The summed E-state index contributed by atoms with van der Waals surface area (Å²) in [7, 11) is 0. The average Bonchev–Trinajstić information content (AvgIpc) is 2.33. The van der Waals surface area contributed by atoms with Crippen LogP contribution in [0.25, 0.3) is 0 Å². The molecule has 2 unspecified atom stereocenters. The van der Waals surface area contributed by atoms with Gasteiger partial charge in [-0.3, -0.25) is 4.79 Å². The maximum Gasteiger partial charge on any atom is 0.242 e. The lowest BCUT2D eigenvalue weighted by Gasteiger charge is -2.35. The third-order valence-corrected chi connectivity index (χ3v) is 3.90. The van der Waals surface area contributed by atoms with Crippen molar-refractivity contribution in [2.75, 3.05) is 18.0 Å². The van der Waals surface area contributed by atoms with E-state index in [1.165, 1.54) is 0 Å². The lowest BCUT2D eigenvalue weighted by molar-refractivity contribution is -0.122. The molecule has 0 radical (unpaired) electrons. The summed E-state index contributed by atoms with van der Waals surface area (Å²) in [5, 5.41) is 12.4. The molecular formula is C13H17BrN2O2. The second kappa shape index (κ2) is 5.28. The number of aliphatic hydroxyl groups is 1. The summed E-state index contributed by atoms with van der Waals surface area (Å²) in [6, 6.07) is 5.57. The zero-order valence-corrected chi connectivity index (χ0v) is 12.1. The number of aliphatic hydroxyl groups excluding tert-OH is 1. The van der Waals surface area contributed by atoms with Gasteiger partial charge >= 0.3 is 0 Å². The maximum atomic E-state index is 11.7. The number of carbonyl (C=O) groups is 1. The number of halogens is 1. The van der Waals surface area contributed by atoms with Gasteiger partial charge in [0.1, 0.15) is 6.04 Å². The molecule has 4 nitrogen and oxygen atoms in total. The molecule has 1 aliphatic heterocycles. The Balaban J connectivity index is 2.30. The molecule has 5 heteroatoms. The van der Waals surface area contributed by atoms with Gasteiger partial charge in [0.15, 0.2) is 0 Å². The molecule has 2 N–H and O–H groups in total. The van der Waals surface area contributed by atoms with Gasteiger partial charge in [-0.25, -0.2) is 0 Å². The minimum absolute atomic E-state index is 0.0488. The predicted molar refractivity (Wildman–Crippen MR) is 74.6 cm³/mol. The van der Waals surface area contributed by atoms with Crippen LogP contribution in [0.3, 0.4) is 0 Å². The smallest absolute Gasteiger partial charge is 0.242 e. The van der Waals surface area contributed by atoms with Gasteiger partial charge in [0.2, 0.25) is 5.91 Å². The maximum absolute atomic E-state index is 11.7. The fourth-order valence-electron chi connectivity index (χ4n) is 2.13. The quantitative estimate of drug-likeness (QED) is 0.876. The van der Waals surface area contributed by atoms with Crippen molar-refractivity contribution >= 4 is 27.5 Å². The van der Waals surface area contributed by atoms with Gasteiger partial charge in [0.05, 0.1) is 11.8 Å². The zero-order chi connectivity index (χ0) is 13.3. The molecule has 98 valence electrons. The van der Waals surface area contributed by atoms with Crippen molar-refractivity contribution in [1.29, 1.82) is 0 Å². The molecule has 1 aromatic rings. The molecule has 0 saturated carbocycles. The monoisotopic (exact) mass is 312 g/mol. The molecule has 1 aliphatic rings. The lowest BCUT2D eigenvalue weighted by Crippen LogP contribution is -2.54. The molecule has 0 aliphatic carbocycles. The zero-order valence-electron chi connectivity index (χ0n) is 10.5. The Kier molecular flexibility index (Phi) is 3.92. The molecule has 1 heterocycles. The molecule has 2 atom stereocenters. The average molecular weight is 313 g/mol. The van der Waals surface area contributed by atoms with Crippen LogP contribution in [0.4, 0.5) is 5.69 Å². The van der Waals surface area contributed by atoms with E-state index in [0.717, 1.165) is 22.3 Å². The summed E-state index contributed by atoms with van der Waals surface area (Å²) in [5.41, 5.74) is 1.85. The molecule has 0 spiro atoms. The van der Waals surface area contributed by atoms with Gasteiger partial charge in [-0.1, -0.05) is 6.07 Å². The third-order valence-electron chi connectivity index (χ3n) is 3.26. The van der Waals surface area contributed by atoms with E-state index < -0.39 is 6.10 Å². The van der Waals surface area contributed by atoms with E-state index in [0.29, 0.717) is 6.54 Å². The van der Waals surface area contributed by atoms with Gasteiger partial charge in [-0.15, -0.1) is 0 Å². The Hall–Kier alpha value is -1.07. The van der Waals surface area contributed by atoms with Crippen LogP contribution in [-0.2, 0) is 4.79 Å². The number of rotatable bonds is 2. The summed E-state index contributed by atoms with van der Waals surface area (Å²) >= 11 is 3.51. The first-order chi connectivity index (χ1) is 8.50. The summed E-state index contributed by atoms with van der Waals surface area (Å²) in [4.78, 5) is 13.7. The van der Waals surface area contributed by atoms with Crippen molar-refractivity contribution < 1.29 is 9.90 Å². The highest BCUT2D eigenvalue weighted by Crippen LogP contribution is 2.31. The van der Waals surface area contributed by atoms with Crippen LogP contribution in [0.1, 0.15) is 25.5 Å². The molecule has 0 aromatic heterocycles. The number of nitrogens with one attached hydrogen (secondary N) is 1. The number of piperazine rings is 1. The molecule has 1 aromatic carbocycles. The largest absolute Gasteiger partial charge is 0.389 e. The molecule has 1 saturated heterocycles. The second-order valence-corrected chi connectivity index (χ2v) is 5.40. The third kappa shape index (κ3) is 2.52. The van der Waals surface area contributed by atoms with Crippen molar-refractivity contribution in [3.8, 4) is 0 Å². The van der Waals surface area contributed by atoms with Crippen LogP contribution in [0, 0.1) is 0 Å². The number of anilines is 1. The Labute approximate surface area is 115 Å². The molecule has 0 bridgehead atoms. The highest BCUT2D eigenvalue weighted by Gasteiger charge is 2.26. The highest BCUT2D eigenvalue weighted by molar-refractivity contribution is 9.10. The van der Waals surface area contributed by atoms with E-state index in [-0.39, 0.29) is 11.9 Å². The number of benzene rings is 1. The van der Waals surface area contributed by atoms with Gasteiger partial charge in [0, 0.05) is 17.6 Å². The highest BCUT2D eigenvalue weighted by atomic mass is 79.9. The summed E-state index contributed by atoms with van der Waals surface area (Å²) in [5.74, 6) is 0.0488. The van der Waals surface area contributed by atoms with Crippen LogP contribution in [0.15, 0.2) is 22.7 Å². The van der Waals surface area contributed by atoms with Crippen molar-refractivity contribution in [3.05, 3.63) is 28.2 Å². The Morgan fingerprint density at radius 1 is 1.56 bits per heavy atom. The Morgan fingerprint density at radius 2 is 2.28 bits per heavy atom. The lowest BCUT2D eigenvalue weighted by atomic mass is 10.1. The van der Waals surface area contributed by atoms with Gasteiger partial charge < -0.3 is 15.3 Å². The number of carbonyl (C=O) groups excluding carboxylic acids is 1. The summed E-state index contributed by atoms with van der Waals surface area (Å²) < 4.78 is 0.905. The van der Waals surface area contributed by atoms with Crippen molar-refractivity contribution in [2.45, 2.75) is 26.0 Å². The van der Waals surface area contributed by atoms with E-state index in [9.17, 15) is 9.90 Å². The molecular weight excluding hydrogens is 296 g/mol. The van der Waals surface area contributed by atoms with Crippen molar-refractivity contribution in [2.24, 2.45) is 0 Å². The number of hydrogen-bond acceptors (Lipinski definition) is 3. The molecule has 18 heavy (non-hydrogen) atoms. The molecule has 1 fully saturated rings. The first kappa shape index (κ1) is 13.4. The molecule has 2 rings (SSSR count). The summed E-state index contributed by atoms with van der Waals surface area (Å²) in [6.45, 7) is 5.08. The first-order valence-corrected chi connectivity index (χ1v) is 6.82. The fourth-order valence-corrected chi connectivity index (χ4v) is 2.75. The Morgan fingerprint density at radius 3 is 2.89 bits per heavy atom. The van der Waals surface area contributed by atoms with Crippen molar-refractivity contribution in [1.82, 2.24) is 5.32 Å². The van der Waals surface area contributed by atoms with Crippen LogP contribution in [0.5, 0.6) is 0 Å². The van der Waals surface area contributed by atoms with Crippen LogP contribution >= 0.6 is 15.9 Å². The number of nitrogens with zero attached hydrogens (tertiary/aromatic N) is 1. The first-order valence-electron chi connectivity index (χ1n) is 6.02. The fraction of sp³-hybridized carbons (Fsp3) is 0.462. The normalized spacial score (nSPS) is 21.7. The SMILES string of the molecule is CC(O)c1ccc(N2CCNC(=O)C2C)c(Br)c1. The van der Waals surface area contributed by atoms with E-state index in [4.69, 9.17) is 0 Å². The topological polar surface area (TPSA) is 52.6 Å². The second-order valence-electron chi connectivity index (χ2n) is 4.55. The standard InChI is InChI=1S/C13H17BrN2O2/c1-8-13(18)15-5-6-16(8)12-4-3-10(9(2)17)7-11(12)14/h3-4,7-9,17H,5-6H2,1-2H3,(H,15,18). The predicted octanol–water partition coefficient (Wildman–Crippen LogP) is 1.83. The number of amides is 1. The van der Waals surface area contributed by atoms with Crippen LogP contribution < -0.4 is 10.2 Å². The number of hydrogen-bond donors (Lipinski definition) is 2. The minimum atomic E-state index is -0.488. The summed E-state index contributed by atoms with van der Waals surface area (Å²) in [6.07, 6.45) is -0.488. The van der Waals surface area contributed by atoms with E-state index in [1.807, 2.05) is 25.1 Å². The van der Waals surface area contributed by atoms with Gasteiger partial charge in [-0.05, 0) is 47.5 Å². The van der Waals surface area contributed by atoms with Crippen LogP contribution in [0.2, 0.25) is 0 Å². The van der Waals surface area contributed by atoms with E-state index >= 15 is 0 Å². The van der Waals surface area contributed by atoms with Gasteiger partial charge in [0.25, 0.3) is 0 Å². The van der Waals surface area contributed by atoms with Crippen molar-refractivity contribution in [3.63, 3.8) is 0 Å². The molecule has 1 amide bonds. The van der Waals surface area contributed by atoms with E-state index in [2.05, 4.69) is 26.1 Å². The minimum Gasteiger partial charge on any atom is -0.389 e. The van der Waals surface area contributed by atoms with E-state index in [1.54, 1.807) is 6.92 Å².